The minimum Gasteiger partial charge on any atom is -0.356 e. The van der Waals surface area contributed by atoms with E-state index in [0.29, 0.717) is 31.7 Å². The lowest BCUT2D eigenvalue weighted by Gasteiger charge is -2.33. The number of carbonyl (C=O) groups excluding carboxylic acids is 1. The van der Waals surface area contributed by atoms with Crippen molar-refractivity contribution in [1.82, 2.24) is 15.6 Å². The summed E-state index contributed by atoms with van der Waals surface area (Å²) in [6.45, 7) is 0.526. The van der Waals surface area contributed by atoms with Crippen molar-refractivity contribution in [3.05, 3.63) is 23.9 Å². The van der Waals surface area contributed by atoms with Crippen molar-refractivity contribution in [1.29, 1.82) is 0 Å². The van der Waals surface area contributed by atoms with E-state index < -0.39 is 42.6 Å². The van der Waals surface area contributed by atoms with Crippen LogP contribution in [0.15, 0.2) is 18.3 Å². The lowest BCUT2D eigenvalue weighted by atomic mass is 10.0. The highest BCUT2D eigenvalue weighted by molar-refractivity contribution is 5.82. The molecular formula is C16H19F5N4O. The quantitative estimate of drug-likeness (QED) is 0.792. The minimum atomic E-state index is -4.42. The zero-order valence-corrected chi connectivity index (χ0v) is 13.8. The van der Waals surface area contributed by atoms with Crippen molar-refractivity contribution in [2.24, 2.45) is 0 Å². The summed E-state index contributed by atoms with van der Waals surface area (Å²) in [6, 6.07) is 1.28. The van der Waals surface area contributed by atoms with Crippen molar-refractivity contribution >= 4 is 11.7 Å². The number of hydrogen-bond donors (Lipinski definition) is 2. The molecule has 2 aliphatic heterocycles. The van der Waals surface area contributed by atoms with Crippen LogP contribution in [0.25, 0.3) is 0 Å². The fourth-order valence-corrected chi connectivity index (χ4v) is 3.20. The number of piperidine rings is 1. The summed E-state index contributed by atoms with van der Waals surface area (Å²) in [5, 5.41) is 5.28. The van der Waals surface area contributed by atoms with Crippen LogP contribution >= 0.6 is 0 Å². The number of hydrogen-bond acceptors (Lipinski definition) is 4. The predicted octanol–water partition coefficient (Wildman–Crippen LogP) is 2.18. The van der Waals surface area contributed by atoms with Crippen LogP contribution in [0.3, 0.4) is 0 Å². The van der Waals surface area contributed by atoms with Crippen LogP contribution in [0.1, 0.15) is 24.8 Å². The average Bonchev–Trinajstić information content (AvgIpc) is 2.95. The van der Waals surface area contributed by atoms with Crippen LogP contribution in [-0.4, -0.2) is 48.5 Å². The number of aromatic nitrogens is 1. The van der Waals surface area contributed by atoms with Crippen LogP contribution in [0.2, 0.25) is 0 Å². The Morgan fingerprint density at radius 2 is 1.96 bits per heavy atom. The Kier molecular flexibility index (Phi) is 5.05. The van der Waals surface area contributed by atoms with E-state index in [1.165, 1.54) is 6.07 Å². The molecule has 2 N–H and O–H groups in total. The Morgan fingerprint density at radius 3 is 2.46 bits per heavy atom. The number of rotatable bonds is 3. The maximum Gasteiger partial charge on any atom is 0.417 e. The lowest BCUT2D eigenvalue weighted by molar-refractivity contribution is -0.137. The highest BCUT2D eigenvalue weighted by atomic mass is 19.4. The van der Waals surface area contributed by atoms with Gasteiger partial charge in [0.05, 0.1) is 18.2 Å². The number of halogens is 5. The molecule has 0 radical (unpaired) electrons. The molecule has 0 saturated carbocycles. The molecule has 0 bridgehead atoms. The van der Waals surface area contributed by atoms with Gasteiger partial charge < -0.3 is 10.2 Å². The number of alkyl halides is 5. The van der Waals surface area contributed by atoms with E-state index in [1.54, 1.807) is 0 Å². The SMILES string of the molecule is O=C(NC1CCN(c2ccc(C(F)(F)F)cn2)CC1)C1CC(F)(F)CN1. The molecule has 2 fully saturated rings. The topological polar surface area (TPSA) is 57.3 Å². The fraction of sp³-hybridized carbons (Fsp3) is 0.625. The molecular weight excluding hydrogens is 359 g/mol. The molecule has 0 spiro atoms. The molecule has 1 aromatic heterocycles. The van der Waals surface area contributed by atoms with Gasteiger partial charge in [0, 0.05) is 31.7 Å². The van der Waals surface area contributed by atoms with E-state index in [0.717, 1.165) is 12.3 Å². The number of carbonyl (C=O) groups is 1. The van der Waals surface area contributed by atoms with Crippen LogP contribution in [0, 0.1) is 0 Å². The molecule has 1 unspecified atom stereocenters. The van der Waals surface area contributed by atoms with Gasteiger partial charge in [0.15, 0.2) is 0 Å². The summed E-state index contributed by atoms with van der Waals surface area (Å²) in [5.41, 5.74) is -0.802. The van der Waals surface area contributed by atoms with Gasteiger partial charge in [0.1, 0.15) is 5.82 Å². The third-order valence-electron chi connectivity index (χ3n) is 4.67. The van der Waals surface area contributed by atoms with E-state index >= 15 is 0 Å². The first-order valence-electron chi connectivity index (χ1n) is 8.34. The Hall–Kier alpha value is -1.97. The van der Waals surface area contributed by atoms with Gasteiger partial charge >= 0.3 is 6.18 Å². The number of anilines is 1. The number of pyridine rings is 1. The Bertz CT molecular complexity index is 641. The molecule has 2 aliphatic rings. The van der Waals surface area contributed by atoms with Gasteiger partial charge in [0.25, 0.3) is 5.92 Å². The summed E-state index contributed by atoms with van der Waals surface area (Å²) in [7, 11) is 0. The van der Waals surface area contributed by atoms with Gasteiger partial charge in [-0.25, -0.2) is 13.8 Å². The molecule has 26 heavy (non-hydrogen) atoms. The Labute approximate surface area is 147 Å². The Morgan fingerprint density at radius 1 is 1.27 bits per heavy atom. The van der Waals surface area contributed by atoms with Gasteiger partial charge in [-0.3, -0.25) is 10.1 Å². The molecule has 0 aliphatic carbocycles. The zero-order chi connectivity index (χ0) is 18.9. The van der Waals surface area contributed by atoms with E-state index in [9.17, 15) is 26.7 Å². The van der Waals surface area contributed by atoms with Gasteiger partial charge in [-0.2, -0.15) is 13.2 Å². The third-order valence-corrected chi connectivity index (χ3v) is 4.67. The predicted molar refractivity (Wildman–Crippen MR) is 84.0 cm³/mol. The number of nitrogens with zero attached hydrogens (tertiary/aromatic N) is 2. The average molecular weight is 378 g/mol. The third kappa shape index (κ3) is 4.40. The van der Waals surface area contributed by atoms with E-state index in [4.69, 9.17) is 0 Å². The largest absolute Gasteiger partial charge is 0.417 e. The molecule has 1 atom stereocenters. The summed E-state index contributed by atoms with van der Waals surface area (Å²) in [5.74, 6) is -2.85. The fourth-order valence-electron chi connectivity index (χ4n) is 3.20. The number of amides is 1. The van der Waals surface area contributed by atoms with Gasteiger partial charge in [-0.05, 0) is 25.0 Å². The first-order valence-corrected chi connectivity index (χ1v) is 8.34. The summed E-state index contributed by atoms with van der Waals surface area (Å²) in [6.07, 6.45) is -2.99. The highest BCUT2D eigenvalue weighted by Gasteiger charge is 2.42. The second-order valence-corrected chi connectivity index (χ2v) is 6.67. The van der Waals surface area contributed by atoms with Crippen molar-refractivity contribution in [2.75, 3.05) is 24.5 Å². The summed E-state index contributed by atoms with van der Waals surface area (Å²) < 4.78 is 64.0. The second-order valence-electron chi connectivity index (χ2n) is 6.67. The van der Waals surface area contributed by atoms with Crippen molar-refractivity contribution in [3.63, 3.8) is 0 Å². The second kappa shape index (κ2) is 6.98. The van der Waals surface area contributed by atoms with Crippen LogP contribution in [0.4, 0.5) is 27.8 Å². The molecule has 0 aromatic carbocycles. The number of nitrogens with one attached hydrogen (secondary N) is 2. The molecule has 3 rings (SSSR count). The van der Waals surface area contributed by atoms with Gasteiger partial charge in [-0.15, -0.1) is 0 Å². The summed E-state index contributed by atoms with van der Waals surface area (Å²) >= 11 is 0. The monoisotopic (exact) mass is 378 g/mol. The molecule has 144 valence electrons. The molecule has 1 aromatic rings. The van der Waals surface area contributed by atoms with Crippen molar-refractivity contribution in [2.45, 2.75) is 43.4 Å². The molecule has 5 nitrogen and oxygen atoms in total. The maximum absolute atomic E-state index is 13.1. The molecule has 1 amide bonds. The smallest absolute Gasteiger partial charge is 0.356 e. The summed E-state index contributed by atoms with van der Waals surface area (Å²) in [4.78, 5) is 17.7. The Balaban J connectivity index is 1.49. The van der Waals surface area contributed by atoms with Gasteiger partial charge in [0.2, 0.25) is 5.91 Å². The lowest BCUT2D eigenvalue weighted by Crippen LogP contribution is -2.49. The normalized spacial score (nSPS) is 23.9. The van der Waals surface area contributed by atoms with E-state index in [2.05, 4.69) is 15.6 Å². The first kappa shape index (κ1) is 18.8. The van der Waals surface area contributed by atoms with E-state index in [1.807, 2.05) is 4.90 Å². The van der Waals surface area contributed by atoms with Crippen molar-refractivity contribution in [3.8, 4) is 0 Å². The standard InChI is InChI=1S/C16H19F5N4O/c17-15(18)7-12(23-9-15)14(26)24-11-3-5-25(6-4-11)13-2-1-10(8-22-13)16(19,20)21/h1-2,8,11-12,23H,3-7,9H2,(H,24,26). The molecule has 2 saturated heterocycles. The maximum atomic E-state index is 13.1. The first-order chi connectivity index (χ1) is 12.1. The van der Waals surface area contributed by atoms with Crippen LogP contribution in [0.5, 0.6) is 0 Å². The minimum absolute atomic E-state index is 0.149. The van der Waals surface area contributed by atoms with Crippen LogP contribution in [-0.2, 0) is 11.0 Å². The van der Waals surface area contributed by atoms with Crippen LogP contribution < -0.4 is 15.5 Å². The zero-order valence-electron chi connectivity index (χ0n) is 13.8. The molecule has 3 heterocycles. The van der Waals surface area contributed by atoms with Crippen molar-refractivity contribution < 1.29 is 26.7 Å². The highest BCUT2D eigenvalue weighted by Crippen LogP contribution is 2.30. The molecule has 10 heteroatoms. The van der Waals surface area contributed by atoms with Gasteiger partial charge in [-0.1, -0.05) is 0 Å². The van der Waals surface area contributed by atoms with E-state index in [-0.39, 0.29) is 6.04 Å².